The molecule has 0 aliphatic rings. The van der Waals surface area contributed by atoms with Gasteiger partial charge in [0.1, 0.15) is 12.4 Å². The van der Waals surface area contributed by atoms with Crippen molar-refractivity contribution in [3.63, 3.8) is 0 Å². The molecule has 0 amide bonds. The van der Waals surface area contributed by atoms with Crippen LogP contribution in [0, 0.1) is 0 Å². The van der Waals surface area contributed by atoms with Crippen LogP contribution in [0.25, 0.3) is 10.8 Å². The zero-order valence-electron chi connectivity index (χ0n) is 12.9. The van der Waals surface area contributed by atoms with Gasteiger partial charge >= 0.3 is 12.1 Å². The predicted octanol–water partition coefficient (Wildman–Crippen LogP) is 5.14. The van der Waals surface area contributed by atoms with Crippen LogP contribution < -0.4 is 4.74 Å². The molecule has 0 aliphatic carbocycles. The third-order valence-corrected chi connectivity index (χ3v) is 3.76. The van der Waals surface area contributed by atoms with Crippen LogP contribution >= 0.6 is 0 Å². The van der Waals surface area contributed by atoms with E-state index in [1.54, 1.807) is 30.3 Å². The number of hydrogen-bond donors (Lipinski definition) is 1. The van der Waals surface area contributed by atoms with E-state index in [-0.39, 0.29) is 12.2 Å². The Morgan fingerprint density at radius 2 is 1.72 bits per heavy atom. The molecule has 0 spiro atoms. The van der Waals surface area contributed by atoms with Gasteiger partial charge in [0.15, 0.2) is 0 Å². The molecule has 0 fully saturated rings. The molecule has 0 heterocycles. The summed E-state index contributed by atoms with van der Waals surface area (Å²) in [6.45, 7) is 0.109. The van der Waals surface area contributed by atoms with Crippen LogP contribution in [0.2, 0.25) is 0 Å². The lowest BCUT2D eigenvalue weighted by atomic mass is 10.1. The first-order chi connectivity index (χ1) is 11.8. The molecule has 3 nitrogen and oxygen atoms in total. The molecule has 0 atom stereocenters. The first-order valence-corrected chi connectivity index (χ1v) is 7.39. The highest BCUT2D eigenvalue weighted by atomic mass is 19.4. The summed E-state index contributed by atoms with van der Waals surface area (Å²) in [6, 6.07) is 14.7. The van der Waals surface area contributed by atoms with Gasteiger partial charge in [-0.3, -0.25) is 0 Å². The minimum atomic E-state index is -4.36. The number of aromatic carboxylic acids is 1. The van der Waals surface area contributed by atoms with Crippen molar-refractivity contribution in [2.75, 3.05) is 0 Å². The average molecular weight is 346 g/mol. The Labute approximate surface area is 141 Å². The number of rotatable bonds is 4. The Kier molecular flexibility index (Phi) is 4.35. The molecule has 0 saturated carbocycles. The van der Waals surface area contributed by atoms with Crippen LogP contribution in [0.1, 0.15) is 21.5 Å². The van der Waals surface area contributed by atoms with Gasteiger partial charge in [0.2, 0.25) is 0 Å². The summed E-state index contributed by atoms with van der Waals surface area (Å²) in [5.74, 6) is -0.479. The van der Waals surface area contributed by atoms with Crippen LogP contribution in [0.15, 0.2) is 60.7 Å². The molecular formula is C19H13F3O3. The van der Waals surface area contributed by atoms with E-state index in [4.69, 9.17) is 9.84 Å². The molecular weight excluding hydrogens is 333 g/mol. The number of carboxylic acids is 1. The molecule has 25 heavy (non-hydrogen) atoms. The van der Waals surface area contributed by atoms with Crippen LogP contribution in [0.3, 0.4) is 0 Å². The molecule has 6 heteroatoms. The van der Waals surface area contributed by atoms with Crippen molar-refractivity contribution >= 4 is 16.7 Å². The van der Waals surface area contributed by atoms with E-state index in [9.17, 15) is 18.0 Å². The fraction of sp³-hybridized carbons (Fsp3) is 0.105. The minimum Gasteiger partial charge on any atom is -0.488 e. The lowest BCUT2D eigenvalue weighted by molar-refractivity contribution is -0.137. The number of alkyl halides is 3. The summed E-state index contributed by atoms with van der Waals surface area (Å²) < 4.78 is 43.4. The summed E-state index contributed by atoms with van der Waals surface area (Å²) in [5, 5.41) is 10.5. The molecule has 0 bridgehead atoms. The van der Waals surface area contributed by atoms with Crippen molar-refractivity contribution < 1.29 is 27.8 Å². The Hall–Kier alpha value is -3.02. The summed E-state index contributed by atoms with van der Waals surface area (Å²) in [7, 11) is 0. The van der Waals surface area contributed by atoms with Crippen molar-refractivity contribution in [3.8, 4) is 5.75 Å². The van der Waals surface area contributed by atoms with Gasteiger partial charge < -0.3 is 9.84 Å². The molecule has 3 aromatic rings. The minimum absolute atomic E-state index is 0.109. The van der Waals surface area contributed by atoms with E-state index >= 15 is 0 Å². The first-order valence-electron chi connectivity index (χ1n) is 7.39. The number of ether oxygens (including phenoxy) is 1. The van der Waals surface area contributed by atoms with Gasteiger partial charge in [0.05, 0.1) is 11.1 Å². The lowest BCUT2D eigenvalue weighted by Gasteiger charge is -2.11. The summed E-state index contributed by atoms with van der Waals surface area (Å²) >= 11 is 0. The predicted molar refractivity (Wildman–Crippen MR) is 86.7 cm³/mol. The molecule has 1 N–H and O–H groups in total. The largest absolute Gasteiger partial charge is 0.488 e. The molecule has 0 aliphatic heterocycles. The van der Waals surface area contributed by atoms with Gasteiger partial charge in [-0.05, 0) is 47.3 Å². The van der Waals surface area contributed by atoms with Gasteiger partial charge in [-0.25, -0.2) is 4.79 Å². The summed E-state index contributed by atoms with van der Waals surface area (Å²) in [6.07, 6.45) is -4.36. The quantitative estimate of drug-likeness (QED) is 0.712. The summed E-state index contributed by atoms with van der Waals surface area (Å²) in [4.78, 5) is 11.0. The third kappa shape index (κ3) is 3.74. The normalized spacial score (nSPS) is 11.5. The van der Waals surface area contributed by atoms with Crippen molar-refractivity contribution in [2.45, 2.75) is 12.8 Å². The smallest absolute Gasteiger partial charge is 0.416 e. The maximum absolute atomic E-state index is 12.6. The average Bonchev–Trinajstić information content (AvgIpc) is 2.59. The second-order valence-corrected chi connectivity index (χ2v) is 5.48. The fourth-order valence-corrected chi connectivity index (χ4v) is 2.46. The molecule has 0 unspecified atom stereocenters. The zero-order chi connectivity index (χ0) is 18.0. The molecule has 3 rings (SSSR count). The zero-order valence-corrected chi connectivity index (χ0v) is 12.9. The molecule has 128 valence electrons. The third-order valence-electron chi connectivity index (χ3n) is 3.76. The van der Waals surface area contributed by atoms with Crippen LogP contribution in [0.5, 0.6) is 5.75 Å². The first kappa shape index (κ1) is 16.8. The number of carboxylic acid groups (broad SMARTS) is 1. The van der Waals surface area contributed by atoms with Crippen molar-refractivity contribution in [3.05, 3.63) is 77.4 Å². The Morgan fingerprint density at radius 1 is 1.00 bits per heavy atom. The van der Waals surface area contributed by atoms with E-state index in [2.05, 4.69) is 0 Å². The number of fused-ring (bicyclic) bond motifs is 1. The second kappa shape index (κ2) is 6.47. The molecule has 0 aromatic heterocycles. The highest BCUT2D eigenvalue weighted by Crippen LogP contribution is 2.30. The number of benzene rings is 3. The van der Waals surface area contributed by atoms with Crippen molar-refractivity contribution in [2.24, 2.45) is 0 Å². The number of halogens is 3. The van der Waals surface area contributed by atoms with Gasteiger partial charge in [-0.1, -0.05) is 24.3 Å². The van der Waals surface area contributed by atoms with Gasteiger partial charge in [0, 0.05) is 5.39 Å². The molecule has 0 radical (unpaired) electrons. The van der Waals surface area contributed by atoms with Crippen LogP contribution in [-0.2, 0) is 12.8 Å². The van der Waals surface area contributed by atoms with E-state index < -0.39 is 17.7 Å². The van der Waals surface area contributed by atoms with Crippen molar-refractivity contribution in [1.29, 1.82) is 0 Å². The van der Waals surface area contributed by atoms with Crippen LogP contribution in [-0.4, -0.2) is 11.1 Å². The second-order valence-electron chi connectivity index (χ2n) is 5.48. The lowest BCUT2D eigenvalue weighted by Crippen LogP contribution is -2.05. The van der Waals surface area contributed by atoms with Crippen LogP contribution in [0.4, 0.5) is 13.2 Å². The van der Waals surface area contributed by atoms with E-state index in [1.165, 1.54) is 18.2 Å². The fourth-order valence-electron chi connectivity index (χ4n) is 2.46. The summed E-state index contributed by atoms with van der Waals surface area (Å²) in [5.41, 5.74) is 0.0714. The topological polar surface area (TPSA) is 46.5 Å². The van der Waals surface area contributed by atoms with E-state index in [0.717, 1.165) is 17.5 Å². The Balaban J connectivity index is 1.80. The SMILES string of the molecule is O=C(O)c1ccc2c(OCc3ccc(C(F)(F)F)cc3)cccc2c1. The molecule has 3 aromatic carbocycles. The number of hydrogen-bond acceptors (Lipinski definition) is 2. The van der Waals surface area contributed by atoms with E-state index in [1.807, 2.05) is 0 Å². The van der Waals surface area contributed by atoms with Gasteiger partial charge in [-0.2, -0.15) is 13.2 Å². The maximum atomic E-state index is 12.6. The monoisotopic (exact) mass is 346 g/mol. The highest BCUT2D eigenvalue weighted by Gasteiger charge is 2.29. The van der Waals surface area contributed by atoms with Gasteiger partial charge in [-0.15, -0.1) is 0 Å². The molecule has 0 saturated heterocycles. The van der Waals surface area contributed by atoms with Gasteiger partial charge in [0.25, 0.3) is 0 Å². The Morgan fingerprint density at radius 3 is 2.36 bits per heavy atom. The Bertz CT molecular complexity index is 915. The maximum Gasteiger partial charge on any atom is 0.416 e. The standard InChI is InChI=1S/C19H13F3O3/c20-19(21,22)15-7-4-12(5-8-15)11-25-17-3-1-2-13-10-14(18(23)24)6-9-16(13)17/h1-10H,11H2,(H,23,24). The highest BCUT2D eigenvalue weighted by molar-refractivity contribution is 5.96. The van der Waals surface area contributed by atoms with E-state index in [0.29, 0.717) is 16.7 Å². The number of carbonyl (C=O) groups is 1. The van der Waals surface area contributed by atoms with Crippen molar-refractivity contribution in [1.82, 2.24) is 0 Å².